The van der Waals surface area contributed by atoms with Crippen LogP contribution in [0.3, 0.4) is 0 Å². The number of nitrogens with zero attached hydrogens (tertiary/aromatic N) is 2. The van der Waals surface area contributed by atoms with Crippen molar-refractivity contribution >= 4 is 5.69 Å². The van der Waals surface area contributed by atoms with E-state index in [9.17, 15) is 0 Å². The van der Waals surface area contributed by atoms with E-state index in [0.29, 0.717) is 17.4 Å². The van der Waals surface area contributed by atoms with Gasteiger partial charge >= 0.3 is 0 Å². The summed E-state index contributed by atoms with van der Waals surface area (Å²) < 4.78 is 5.34. The number of nitrogens with two attached hydrogens (primary N) is 1. The molecule has 112 valence electrons. The van der Waals surface area contributed by atoms with Crippen LogP contribution < -0.4 is 5.73 Å². The predicted molar refractivity (Wildman–Crippen MR) is 88.3 cm³/mol. The van der Waals surface area contributed by atoms with Crippen molar-refractivity contribution in [3.63, 3.8) is 0 Å². The predicted octanol–water partition coefficient (Wildman–Crippen LogP) is 4.28. The van der Waals surface area contributed by atoms with Gasteiger partial charge in [0.25, 0.3) is 5.89 Å². The molecule has 1 aromatic heterocycles. The first kappa shape index (κ1) is 14.3. The maximum Gasteiger partial charge on any atom is 0.260 e. The highest BCUT2D eigenvalue weighted by molar-refractivity contribution is 5.71. The monoisotopic (exact) mass is 293 g/mol. The Bertz CT molecular complexity index is 783. The van der Waals surface area contributed by atoms with Gasteiger partial charge in [-0.05, 0) is 23.1 Å². The van der Waals surface area contributed by atoms with Crippen molar-refractivity contribution in [2.75, 3.05) is 5.73 Å². The fourth-order valence-corrected chi connectivity index (χ4v) is 2.26. The molecule has 0 saturated heterocycles. The largest absolute Gasteiger partial charge is 0.398 e. The van der Waals surface area contributed by atoms with Crippen LogP contribution in [0.2, 0.25) is 0 Å². The summed E-state index contributed by atoms with van der Waals surface area (Å²) in [6.07, 6.45) is 0. The van der Waals surface area contributed by atoms with Crippen molar-refractivity contribution in [2.45, 2.75) is 26.2 Å². The van der Waals surface area contributed by atoms with Crippen molar-refractivity contribution in [1.82, 2.24) is 10.1 Å². The molecule has 0 atom stereocenters. The Kier molecular flexibility index (Phi) is 3.45. The zero-order valence-corrected chi connectivity index (χ0v) is 13.0. The van der Waals surface area contributed by atoms with Crippen LogP contribution in [0.4, 0.5) is 5.69 Å². The van der Waals surface area contributed by atoms with E-state index in [-0.39, 0.29) is 5.41 Å². The SMILES string of the molecule is CC(C)(C)c1ccc(-c2noc(-c3ccccc3N)n2)cc1. The summed E-state index contributed by atoms with van der Waals surface area (Å²) in [6, 6.07) is 15.7. The molecule has 4 nitrogen and oxygen atoms in total. The number of hydrogen-bond donors (Lipinski definition) is 1. The summed E-state index contributed by atoms with van der Waals surface area (Å²) in [4.78, 5) is 4.45. The van der Waals surface area contributed by atoms with Gasteiger partial charge in [-0.1, -0.05) is 62.3 Å². The van der Waals surface area contributed by atoms with Crippen LogP contribution in [0.25, 0.3) is 22.8 Å². The van der Waals surface area contributed by atoms with Crippen molar-refractivity contribution in [3.05, 3.63) is 54.1 Å². The van der Waals surface area contributed by atoms with Gasteiger partial charge in [-0.25, -0.2) is 0 Å². The summed E-state index contributed by atoms with van der Waals surface area (Å²) in [5.74, 6) is 1.01. The molecule has 0 amide bonds. The van der Waals surface area contributed by atoms with Gasteiger partial charge in [-0.15, -0.1) is 0 Å². The normalized spacial score (nSPS) is 11.6. The van der Waals surface area contributed by atoms with E-state index in [1.807, 2.05) is 36.4 Å². The lowest BCUT2D eigenvalue weighted by atomic mass is 9.87. The Morgan fingerprint density at radius 3 is 2.27 bits per heavy atom. The first-order valence-corrected chi connectivity index (χ1v) is 7.24. The minimum absolute atomic E-state index is 0.124. The number of para-hydroxylation sites is 1. The van der Waals surface area contributed by atoms with Crippen molar-refractivity contribution in [2.24, 2.45) is 0 Å². The molecule has 0 aliphatic heterocycles. The highest BCUT2D eigenvalue weighted by Crippen LogP contribution is 2.28. The van der Waals surface area contributed by atoms with Crippen LogP contribution >= 0.6 is 0 Å². The standard InChI is InChI=1S/C18H19N3O/c1-18(2,3)13-10-8-12(9-11-13)16-20-17(22-21-16)14-6-4-5-7-15(14)19/h4-11H,19H2,1-3H3. The van der Waals surface area contributed by atoms with Crippen LogP contribution in [0, 0.1) is 0 Å². The Morgan fingerprint density at radius 1 is 0.955 bits per heavy atom. The fourth-order valence-electron chi connectivity index (χ4n) is 2.26. The van der Waals surface area contributed by atoms with Gasteiger partial charge in [0.2, 0.25) is 5.82 Å². The molecule has 4 heteroatoms. The van der Waals surface area contributed by atoms with E-state index >= 15 is 0 Å². The zero-order valence-electron chi connectivity index (χ0n) is 13.0. The minimum Gasteiger partial charge on any atom is -0.398 e. The fraction of sp³-hybridized carbons (Fsp3) is 0.222. The van der Waals surface area contributed by atoms with Gasteiger partial charge in [0.15, 0.2) is 0 Å². The van der Waals surface area contributed by atoms with E-state index < -0.39 is 0 Å². The molecule has 2 N–H and O–H groups in total. The summed E-state index contributed by atoms with van der Waals surface area (Å²) in [6.45, 7) is 6.56. The third-order valence-electron chi connectivity index (χ3n) is 3.63. The lowest BCUT2D eigenvalue weighted by Crippen LogP contribution is -2.10. The lowest BCUT2D eigenvalue weighted by Gasteiger charge is -2.18. The Hall–Kier alpha value is -2.62. The van der Waals surface area contributed by atoms with Gasteiger partial charge < -0.3 is 10.3 Å². The highest BCUT2D eigenvalue weighted by atomic mass is 16.5. The van der Waals surface area contributed by atoms with Crippen molar-refractivity contribution in [3.8, 4) is 22.8 Å². The summed E-state index contributed by atoms with van der Waals surface area (Å²) in [7, 11) is 0. The second-order valence-electron chi connectivity index (χ2n) is 6.34. The molecule has 0 radical (unpaired) electrons. The Balaban J connectivity index is 1.93. The van der Waals surface area contributed by atoms with Crippen molar-refractivity contribution < 1.29 is 4.52 Å². The second-order valence-corrected chi connectivity index (χ2v) is 6.34. The quantitative estimate of drug-likeness (QED) is 0.716. The molecule has 3 rings (SSSR count). The number of hydrogen-bond acceptors (Lipinski definition) is 4. The smallest absolute Gasteiger partial charge is 0.260 e. The molecule has 2 aromatic carbocycles. The maximum absolute atomic E-state index is 5.94. The van der Waals surface area contributed by atoms with Crippen LogP contribution in [0.1, 0.15) is 26.3 Å². The third-order valence-corrected chi connectivity index (χ3v) is 3.63. The van der Waals surface area contributed by atoms with E-state index in [0.717, 1.165) is 11.1 Å². The van der Waals surface area contributed by atoms with E-state index in [2.05, 4.69) is 43.0 Å². The highest BCUT2D eigenvalue weighted by Gasteiger charge is 2.15. The maximum atomic E-state index is 5.94. The van der Waals surface area contributed by atoms with E-state index in [1.54, 1.807) is 0 Å². The molecule has 0 spiro atoms. The van der Waals surface area contributed by atoms with Gasteiger partial charge in [0.1, 0.15) is 0 Å². The molecular weight excluding hydrogens is 274 g/mol. The topological polar surface area (TPSA) is 64.9 Å². The van der Waals surface area contributed by atoms with Crippen LogP contribution in [0.5, 0.6) is 0 Å². The van der Waals surface area contributed by atoms with Gasteiger partial charge in [0.05, 0.1) is 5.56 Å². The second kappa shape index (κ2) is 5.30. The molecule has 0 aliphatic rings. The number of benzene rings is 2. The molecule has 1 heterocycles. The zero-order chi connectivity index (χ0) is 15.7. The van der Waals surface area contributed by atoms with E-state index in [4.69, 9.17) is 10.3 Å². The average Bonchev–Trinajstić information content (AvgIpc) is 2.96. The van der Waals surface area contributed by atoms with Gasteiger partial charge in [-0.3, -0.25) is 0 Å². The van der Waals surface area contributed by atoms with Crippen LogP contribution in [0.15, 0.2) is 53.1 Å². The van der Waals surface area contributed by atoms with Gasteiger partial charge in [-0.2, -0.15) is 4.98 Å². The number of aromatic nitrogens is 2. The number of anilines is 1. The van der Waals surface area contributed by atoms with E-state index in [1.165, 1.54) is 5.56 Å². The molecule has 0 unspecified atom stereocenters. The molecule has 0 bridgehead atoms. The molecule has 0 saturated carbocycles. The van der Waals surface area contributed by atoms with Crippen LogP contribution in [-0.4, -0.2) is 10.1 Å². The lowest BCUT2D eigenvalue weighted by molar-refractivity contribution is 0.432. The molecular formula is C18H19N3O. The Labute approximate surface area is 130 Å². The van der Waals surface area contributed by atoms with Gasteiger partial charge in [0, 0.05) is 11.3 Å². The summed E-state index contributed by atoms with van der Waals surface area (Å²) >= 11 is 0. The minimum atomic E-state index is 0.124. The Morgan fingerprint density at radius 2 is 1.64 bits per heavy atom. The number of rotatable bonds is 2. The summed E-state index contributed by atoms with van der Waals surface area (Å²) in [5, 5.41) is 4.05. The summed E-state index contributed by atoms with van der Waals surface area (Å²) in [5.41, 5.74) is 9.65. The third kappa shape index (κ3) is 2.72. The first-order valence-electron chi connectivity index (χ1n) is 7.24. The molecule has 22 heavy (non-hydrogen) atoms. The first-order chi connectivity index (χ1) is 10.4. The average molecular weight is 293 g/mol. The van der Waals surface area contributed by atoms with Crippen molar-refractivity contribution in [1.29, 1.82) is 0 Å². The molecule has 0 fully saturated rings. The number of nitrogen functional groups attached to an aromatic ring is 1. The molecule has 0 aliphatic carbocycles. The molecule has 3 aromatic rings. The van der Waals surface area contributed by atoms with Crippen LogP contribution in [-0.2, 0) is 5.41 Å².